The van der Waals surface area contributed by atoms with Crippen molar-refractivity contribution in [3.63, 3.8) is 0 Å². The zero-order valence-corrected chi connectivity index (χ0v) is 8.16. The van der Waals surface area contributed by atoms with Crippen molar-refractivity contribution in [2.45, 2.75) is 26.2 Å². The Bertz CT molecular complexity index is 337. The summed E-state index contributed by atoms with van der Waals surface area (Å²) in [6.07, 6.45) is 4.53. The number of carboxylic acids is 1. The molecule has 0 atom stereocenters. The van der Waals surface area contributed by atoms with Gasteiger partial charge in [0.2, 0.25) is 0 Å². The summed E-state index contributed by atoms with van der Waals surface area (Å²) in [4.78, 5) is 14.4. The summed E-state index contributed by atoms with van der Waals surface area (Å²) in [7, 11) is 0. The molecule has 0 bridgehead atoms. The van der Waals surface area contributed by atoms with Crippen molar-refractivity contribution in [3.8, 4) is 0 Å². The van der Waals surface area contributed by atoms with E-state index >= 15 is 0 Å². The van der Waals surface area contributed by atoms with Gasteiger partial charge in [0, 0.05) is 11.9 Å². The minimum Gasteiger partial charge on any atom is -0.477 e. The summed E-state index contributed by atoms with van der Waals surface area (Å²) in [5, 5.41) is 8.66. The first kappa shape index (κ1) is 10.5. The molecule has 0 spiro atoms. The highest BCUT2D eigenvalue weighted by Crippen LogP contribution is 2.14. The van der Waals surface area contributed by atoms with Gasteiger partial charge in [0.05, 0.1) is 0 Å². The summed E-state index contributed by atoms with van der Waals surface area (Å²) in [6, 6.07) is 1.41. The van der Waals surface area contributed by atoms with Crippen molar-refractivity contribution in [1.82, 2.24) is 4.98 Å². The third-order valence-electron chi connectivity index (χ3n) is 2.04. The van der Waals surface area contributed by atoms with Crippen LogP contribution >= 0.6 is 0 Å². The number of anilines is 1. The van der Waals surface area contributed by atoms with Crippen LogP contribution in [0.5, 0.6) is 0 Å². The molecule has 0 saturated carbocycles. The number of hydrogen-bond donors (Lipinski definition) is 2. The Hall–Kier alpha value is -1.58. The van der Waals surface area contributed by atoms with E-state index in [2.05, 4.69) is 11.9 Å². The van der Waals surface area contributed by atoms with Crippen molar-refractivity contribution < 1.29 is 9.90 Å². The number of nitrogens with two attached hydrogens (primary N) is 1. The molecule has 4 heteroatoms. The van der Waals surface area contributed by atoms with E-state index in [1.165, 1.54) is 6.07 Å². The maximum Gasteiger partial charge on any atom is 0.354 e. The average Bonchev–Trinajstić information content (AvgIpc) is 2.15. The molecule has 0 saturated heterocycles. The second kappa shape index (κ2) is 4.60. The highest BCUT2D eigenvalue weighted by atomic mass is 16.4. The molecular formula is C10H14N2O2. The molecule has 1 aromatic heterocycles. The topological polar surface area (TPSA) is 76.2 Å². The van der Waals surface area contributed by atoms with Crippen molar-refractivity contribution in [3.05, 3.63) is 23.5 Å². The number of nitrogens with zero attached hydrogens (tertiary/aromatic N) is 1. The van der Waals surface area contributed by atoms with Gasteiger partial charge >= 0.3 is 5.97 Å². The molecule has 0 aliphatic rings. The molecule has 0 aliphatic heterocycles. The lowest BCUT2D eigenvalue weighted by atomic mass is 10.1. The fourth-order valence-electron chi connectivity index (χ4n) is 1.19. The lowest BCUT2D eigenvalue weighted by Crippen LogP contribution is -2.04. The molecule has 3 N–H and O–H groups in total. The van der Waals surface area contributed by atoms with Crippen LogP contribution in [0.15, 0.2) is 12.3 Å². The third kappa shape index (κ3) is 2.45. The number of rotatable bonds is 4. The normalized spacial score (nSPS) is 10.1. The van der Waals surface area contributed by atoms with E-state index in [4.69, 9.17) is 10.8 Å². The molecule has 1 heterocycles. The Morgan fingerprint density at radius 1 is 1.64 bits per heavy atom. The van der Waals surface area contributed by atoms with Crippen LogP contribution in [0.4, 0.5) is 5.69 Å². The molecule has 0 unspecified atom stereocenters. The summed E-state index contributed by atoms with van der Waals surface area (Å²) in [5.41, 5.74) is 7.15. The van der Waals surface area contributed by atoms with Crippen LogP contribution in [0.1, 0.15) is 35.8 Å². The Kier molecular flexibility index (Phi) is 3.45. The van der Waals surface area contributed by atoms with E-state index < -0.39 is 5.97 Å². The average molecular weight is 194 g/mol. The van der Waals surface area contributed by atoms with Crippen LogP contribution < -0.4 is 5.73 Å². The van der Waals surface area contributed by atoms with E-state index in [1.807, 2.05) is 0 Å². The SMILES string of the molecule is CCCCc1cnc(C(=O)O)cc1N. The largest absolute Gasteiger partial charge is 0.477 e. The number of aromatic nitrogens is 1. The van der Waals surface area contributed by atoms with E-state index in [-0.39, 0.29) is 5.69 Å². The summed E-state index contributed by atoms with van der Waals surface area (Å²) in [6.45, 7) is 2.09. The summed E-state index contributed by atoms with van der Waals surface area (Å²) >= 11 is 0. The predicted octanol–water partition coefficient (Wildman–Crippen LogP) is 1.70. The Balaban J connectivity index is 2.84. The second-order valence-electron chi connectivity index (χ2n) is 3.18. The number of pyridine rings is 1. The van der Waals surface area contributed by atoms with E-state index in [0.717, 1.165) is 24.8 Å². The summed E-state index contributed by atoms with van der Waals surface area (Å²) < 4.78 is 0. The Labute approximate surface area is 82.8 Å². The fourth-order valence-corrected chi connectivity index (χ4v) is 1.19. The van der Waals surface area contributed by atoms with Crippen molar-refractivity contribution in [2.75, 3.05) is 5.73 Å². The lowest BCUT2D eigenvalue weighted by molar-refractivity contribution is 0.0690. The molecule has 0 fully saturated rings. The van der Waals surface area contributed by atoms with Gasteiger partial charge in [0.25, 0.3) is 0 Å². The van der Waals surface area contributed by atoms with Gasteiger partial charge in [0.15, 0.2) is 0 Å². The van der Waals surface area contributed by atoms with Gasteiger partial charge in [-0.25, -0.2) is 9.78 Å². The number of aromatic carboxylic acids is 1. The van der Waals surface area contributed by atoms with E-state index in [0.29, 0.717) is 5.69 Å². The van der Waals surface area contributed by atoms with E-state index in [9.17, 15) is 4.79 Å². The molecule has 0 radical (unpaired) electrons. The van der Waals surface area contributed by atoms with Crippen LogP contribution in [0, 0.1) is 0 Å². The number of aryl methyl sites for hydroxylation is 1. The van der Waals surface area contributed by atoms with Gasteiger partial charge in [0.1, 0.15) is 5.69 Å². The first-order valence-corrected chi connectivity index (χ1v) is 4.62. The third-order valence-corrected chi connectivity index (χ3v) is 2.04. The predicted molar refractivity (Wildman–Crippen MR) is 54.2 cm³/mol. The van der Waals surface area contributed by atoms with Crippen molar-refractivity contribution in [1.29, 1.82) is 0 Å². The number of carboxylic acid groups (broad SMARTS) is 1. The molecule has 0 aromatic carbocycles. The quantitative estimate of drug-likeness (QED) is 0.764. The number of unbranched alkanes of at least 4 members (excludes halogenated alkanes) is 1. The smallest absolute Gasteiger partial charge is 0.354 e. The number of nitrogen functional groups attached to an aromatic ring is 1. The van der Waals surface area contributed by atoms with Gasteiger partial charge in [-0.05, 0) is 24.5 Å². The highest BCUT2D eigenvalue weighted by molar-refractivity contribution is 5.86. The minimum absolute atomic E-state index is 0.00254. The van der Waals surface area contributed by atoms with Gasteiger partial charge in [-0.1, -0.05) is 13.3 Å². The van der Waals surface area contributed by atoms with Crippen LogP contribution in [0.3, 0.4) is 0 Å². The maximum absolute atomic E-state index is 10.6. The minimum atomic E-state index is -1.04. The Morgan fingerprint density at radius 2 is 2.36 bits per heavy atom. The molecule has 0 aliphatic carbocycles. The van der Waals surface area contributed by atoms with Gasteiger partial charge < -0.3 is 10.8 Å². The molecule has 1 rings (SSSR count). The first-order valence-electron chi connectivity index (χ1n) is 4.62. The molecule has 14 heavy (non-hydrogen) atoms. The molecule has 1 aromatic rings. The summed E-state index contributed by atoms with van der Waals surface area (Å²) in [5.74, 6) is -1.04. The first-order chi connectivity index (χ1) is 6.65. The maximum atomic E-state index is 10.6. The molecule has 4 nitrogen and oxygen atoms in total. The lowest BCUT2D eigenvalue weighted by Gasteiger charge is -2.04. The number of carbonyl (C=O) groups is 1. The van der Waals surface area contributed by atoms with Crippen molar-refractivity contribution >= 4 is 11.7 Å². The van der Waals surface area contributed by atoms with Crippen LogP contribution in [-0.2, 0) is 6.42 Å². The van der Waals surface area contributed by atoms with Gasteiger partial charge in [-0.2, -0.15) is 0 Å². The zero-order valence-electron chi connectivity index (χ0n) is 8.16. The zero-order chi connectivity index (χ0) is 10.6. The second-order valence-corrected chi connectivity index (χ2v) is 3.18. The Morgan fingerprint density at radius 3 is 2.86 bits per heavy atom. The molecular weight excluding hydrogens is 180 g/mol. The van der Waals surface area contributed by atoms with Crippen LogP contribution in [0.25, 0.3) is 0 Å². The highest BCUT2D eigenvalue weighted by Gasteiger charge is 2.07. The standard InChI is InChI=1S/C10H14N2O2/c1-2-3-4-7-6-12-9(10(13)14)5-8(7)11/h5-6H,2-4H2,1H3,(H2,11,12)(H,13,14). The van der Waals surface area contributed by atoms with Gasteiger partial charge in [-0.15, -0.1) is 0 Å². The number of hydrogen-bond acceptors (Lipinski definition) is 3. The van der Waals surface area contributed by atoms with Crippen molar-refractivity contribution in [2.24, 2.45) is 0 Å². The van der Waals surface area contributed by atoms with Gasteiger partial charge in [-0.3, -0.25) is 0 Å². The van der Waals surface area contributed by atoms with Crippen LogP contribution in [0.2, 0.25) is 0 Å². The van der Waals surface area contributed by atoms with E-state index in [1.54, 1.807) is 6.20 Å². The molecule has 0 amide bonds. The fraction of sp³-hybridized carbons (Fsp3) is 0.400. The monoisotopic (exact) mass is 194 g/mol. The van der Waals surface area contributed by atoms with Crippen LogP contribution in [-0.4, -0.2) is 16.1 Å². The molecule has 76 valence electrons.